The standard InChI is InChI=1S/C8H8O5.C7H7NO4.H2O/c1-13-7-5(9)2-4(8(11)12)3-6(7)10;8-7(12)3-1-4(9)6(11)5(10)2-3;/h2-3,9-10H,1H3,(H,11,12);1-2,9-11H,(H2,8,12);1H2. The molecule has 0 fully saturated rings. The van der Waals surface area contributed by atoms with Crippen molar-refractivity contribution in [1.82, 2.24) is 0 Å². The fraction of sp³-hybridized carbons (Fsp3) is 0.0667. The van der Waals surface area contributed by atoms with E-state index < -0.39 is 40.6 Å². The second-order valence-electron chi connectivity index (χ2n) is 4.58. The van der Waals surface area contributed by atoms with Crippen molar-refractivity contribution >= 4 is 11.9 Å². The topological polar surface area (TPSA) is 222 Å². The molecule has 0 aliphatic heterocycles. The number of phenols is 5. The molecule has 11 heteroatoms. The van der Waals surface area contributed by atoms with E-state index in [2.05, 4.69) is 4.74 Å². The van der Waals surface area contributed by atoms with E-state index >= 15 is 0 Å². The van der Waals surface area contributed by atoms with Crippen LogP contribution in [0.5, 0.6) is 34.5 Å². The van der Waals surface area contributed by atoms with Crippen LogP contribution in [0.4, 0.5) is 0 Å². The molecule has 0 unspecified atom stereocenters. The number of aromatic hydroxyl groups is 5. The van der Waals surface area contributed by atoms with E-state index in [0.29, 0.717) is 0 Å². The van der Waals surface area contributed by atoms with Gasteiger partial charge in [0.2, 0.25) is 11.7 Å². The summed E-state index contributed by atoms with van der Waals surface area (Å²) in [6.45, 7) is 0. The number of primary amides is 1. The number of carboxylic acid groups (broad SMARTS) is 1. The summed E-state index contributed by atoms with van der Waals surface area (Å²) in [5.74, 6) is -4.79. The fourth-order valence-electron chi connectivity index (χ4n) is 1.68. The van der Waals surface area contributed by atoms with Crippen LogP contribution < -0.4 is 10.5 Å². The Morgan fingerprint density at radius 1 is 0.846 bits per heavy atom. The van der Waals surface area contributed by atoms with E-state index in [0.717, 1.165) is 24.3 Å². The van der Waals surface area contributed by atoms with E-state index in [1.165, 1.54) is 7.11 Å². The number of nitrogens with two attached hydrogens (primary N) is 1. The molecule has 11 nitrogen and oxygen atoms in total. The number of phenolic OH excluding ortho intramolecular Hbond substituents is 5. The van der Waals surface area contributed by atoms with Gasteiger partial charge in [0.25, 0.3) is 0 Å². The first-order valence-electron chi connectivity index (χ1n) is 6.46. The number of amides is 1. The highest BCUT2D eigenvalue weighted by molar-refractivity contribution is 5.94. The zero-order chi connectivity index (χ0) is 19.3. The molecular weight excluding hydrogens is 354 g/mol. The molecule has 0 aliphatic rings. The molecule has 0 radical (unpaired) electrons. The van der Waals surface area contributed by atoms with Crippen molar-refractivity contribution in [2.45, 2.75) is 0 Å². The summed E-state index contributed by atoms with van der Waals surface area (Å²) in [7, 11) is 1.26. The van der Waals surface area contributed by atoms with Crippen LogP contribution in [0.1, 0.15) is 20.7 Å². The normalized spacial score (nSPS) is 9.27. The Morgan fingerprint density at radius 2 is 1.23 bits per heavy atom. The number of hydrogen-bond acceptors (Lipinski definition) is 8. The maximum atomic E-state index is 10.5. The first-order valence-corrected chi connectivity index (χ1v) is 6.46. The monoisotopic (exact) mass is 371 g/mol. The molecule has 0 bridgehead atoms. The Labute approximate surface area is 146 Å². The molecule has 0 aromatic heterocycles. The van der Waals surface area contributed by atoms with Crippen molar-refractivity contribution in [3.63, 3.8) is 0 Å². The van der Waals surface area contributed by atoms with Crippen molar-refractivity contribution in [3.05, 3.63) is 35.4 Å². The molecule has 2 rings (SSSR count). The van der Waals surface area contributed by atoms with Crippen molar-refractivity contribution in [3.8, 4) is 34.5 Å². The predicted octanol–water partition coefficient (Wildman–Crippen LogP) is -0.118. The molecule has 2 aromatic rings. The Balaban J connectivity index is 0.000000464. The highest BCUT2D eigenvalue weighted by Crippen LogP contribution is 2.36. The molecule has 0 heterocycles. The van der Waals surface area contributed by atoms with Gasteiger partial charge in [0, 0.05) is 5.56 Å². The lowest BCUT2D eigenvalue weighted by Gasteiger charge is -2.06. The average Bonchev–Trinajstić information content (AvgIpc) is 2.52. The van der Waals surface area contributed by atoms with Gasteiger partial charge >= 0.3 is 5.97 Å². The molecule has 1 amide bonds. The summed E-state index contributed by atoms with van der Waals surface area (Å²) in [5, 5.41) is 53.6. The van der Waals surface area contributed by atoms with Crippen molar-refractivity contribution in [1.29, 1.82) is 0 Å². The van der Waals surface area contributed by atoms with Crippen LogP contribution >= 0.6 is 0 Å². The van der Waals surface area contributed by atoms with Gasteiger partial charge < -0.3 is 46.6 Å². The third-order valence-electron chi connectivity index (χ3n) is 2.85. The van der Waals surface area contributed by atoms with Crippen LogP contribution in [0.25, 0.3) is 0 Å². The van der Waals surface area contributed by atoms with Gasteiger partial charge in [-0.3, -0.25) is 4.79 Å². The molecule has 10 N–H and O–H groups in total. The first-order chi connectivity index (χ1) is 11.6. The zero-order valence-electron chi connectivity index (χ0n) is 13.3. The van der Waals surface area contributed by atoms with Gasteiger partial charge in [0.05, 0.1) is 12.7 Å². The van der Waals surface area contributed by atoms with Crippen LogP contribution in [0, 0.1) is 0 Å². The quantitative estimate of drug-likeness (QED) is 0.357. The number of hydrogen-bond donors (Lipinski definition) is 7. The van der Waals surface area contributed by atoms with Gasteiger partial charge in [0.1, 0.15) is 0 Å². The summed E-state index contributed by atoms with van der Waals surface area (Å²) < 4.78 is 4.62. The van der Waals surface area contributed by atoms with Gasteiger partial charge in [-0.25, -0.2) is 4.79 Å². The van der Waals surface area contributed by atoms with E-state index in [1.54, 1.807) is 0 Å². The molecule has 0 saturated carbocycles. The fourth-order valence-corrected chi connectivity index (χ4v) is 1.68. The smallest absolute Gasteiger partial charge is 0.335 e. The van der Waals surface area contributed by atoms with Crippen LogP contribution in [-0.2, 0) is 0 Å². The maximum absolute atomic E-state index is 10.5. The largest absolute Gasteiger partial charge is 0.504 e. The van der Waals surface area contributed by atoms with Gasteiger partial charge in [-0.05, 0) is 24.3 Å². The molecule has 142 valence electrons. The second-order valence-corrected chi connectivity index (χ2v) is 4.58. The molecule has 0 spiro atoms. The van der Waals surface area contributed by atoms with Crippen molar-refractivity contribution in [2.75, 3.05) is 7.11 Å². The number of carboxylic acids is 1. The maximum Gasteiger partial charge on any atom is 0.335 e. The number of aromatic carboxylic acids is 1. The SMILES string of the molecule is COc1c(O)cc(C(=O)O)cc1O.NC(=O)c1cc(O)c(O)c(O)c1.O. The lowest BCUT2D eigenvalue weighted by Crippen LogP contribution is -2.10. The third-order valence-corrected chi connectivity index (χ3v) is 2.85. The van der Waals surface area contributed by atoms with Crippen molar-refractivity contribution in [2.24, 2.45) is 5.73 Å². The molecule has 2 aromatic carbocycles. The lowest BCUT2D eigenvalue weighted by molar-refractivity contribution is 0.0695. The second kappa shape index (κ2) is 8.84. The highest BCUT2D eigenvalue weighted by Gasteiger charge is 2.13. The van der Waals surface area contributed by atoms with Crippen LogP contribution in [0.15, 0.2) is 24.3 Å². The Hall–Kier alpha value is -3.86. The number of rotatable bonds is 3. The molecule has 0 atom stereocenters. The van der Waals surface area contributed by atoms with Gasteiger partial charge in [-0.1, -0.05) is 0 Å². The summed E-state index contributed by atoms with van der Waals surface area (Å²) >= 11 is 0. The number of methoxy groups -OCH3 is 1. The number of benzene rings is 2. The van der Waals surface area contributed by atoms with Gasteiger partial charge in [-0.2, -0.15) is 0 Å². The van der Waals surface area contributed by atoms with Crippen LogP contribution in [0.2, 0.25) is 0 Å². The summed E-state index contributed by atoms with van der Waals surface area (Å²) in [6, 6.07) is 3.94. The number of ether oxygens (including phenoxy) is 1. The Morgan fingerprint density at radius 3 is 1.54 bits per heavy atom. The Bertz CT molecular complexity index is 772. The van der Waals surface area contributed by atoms with Crippen molar-refractivity contribution < 1.29 is 50.4 Å². The van der Waals surface area contributed by atoms with Gasteiger partial charge in [0.15, 0.2) is 28.7 Å². The van der Waals surface area contributed by atoms with E-state index in [4.69, 9.17) is 26.2 Å². The molecule has 26 heavy (non-hydrogen) atoms. The summed E-state index contributed by atoms with van der Waals surface area (Å²) in [6.07, 6.45) is 0. The molecular formula is C15H17NO10. The highest BCUT2D eigenvalue weighted by atomic mass is 16.5. The minimum absolute atomic E-state index is 0. The van der Waals surface area contributed by atoms with Gasteiger partial charge in [-0.15, -0.1) is 0 Å². The van der Waals surface area contributed by atoms with Crippen LogP contribution in [0.3, 0.4) is 0 Å². The summed E-state index contributed by atoms with van der Waals surface area (Å²) in [4.78, 5) is 21.0. The van der Waals surface area contributed by atoms with E-state index in [-0.39, 0.29) is 22.4 Å². The van der Waals surface area contributed by atoms with E-state index in [9.17, 15) is 19.8 Å². The minimum Gasteiger partial charge on any atom is -0.504 e. The predicted molar refractivity (Wildman–Crippen MR) is 86.9 cm³/mol. The number of carbonyl (C=O) groups excluding carboxylic acids is 1. The minimum atomic E-state index is -1.23. The van der Waals surface area contributed by atoms with Crippen LogP contribution in [-0.4, -0.2) is 55.1 Å². The molecule has 0 saturated heterocycles. The molecule has 0 aliphatic carbocycles. The average molecular weight is 371 g/mol. The Kier molecular flexibility index (Phi) is 7.53. The zero-order valence-corrected chi connectivity index (χ0v) is 13.3. The lowest BCUT2D eigenvalue weighted by atomic mass is 10.2. The number of carbonyl (C=O) groups is 2. The summed E-state index contributed by atoms with van der Waals surface area (Å²) in [5.41, 5.74) is 4.59. The third kappa shape index (κ3) is 5.07. The first kappa shape index (κ1) is 22.1. The van der Waals surface area contributed by atoms with E-state index in [1.807, 2.05) is 0 Å².